The predicted molar refractivity (Wildman–Crippen MR) is 110 cm³/mol. The first-order valence-corrected chi connectivity index (χ1v) is 9.63. The molecule has 0 fully saturated rings. The number of hydrogen-bond donors (Lipinski definition) is 1. The molecular weight excluding hydrogens is 361 g/mol. The molecule has 1 unspecified atom stereocenters. The highest BCUT2D eigenvalue weighted by atomic mass is 19.1. The number of rotatable bonds is 12. The van der Waals surface area contributed by atoms with Gasteiger partial charge in [-0.15, -0.1) is 0 Å². The molecule has 0 aliphatic rings. The number of aromatic nitrogens is 2. The van der Waals surface area contributed by atoms with Crippen LogP contribution in [0.15, 0.2) is 24.8 Å². The molecule has 0 spiro atoms. The Labute approximate surface area is 167 Å². The molecule has 0 saturated carbocycles. The number of halogens is 1. The zero-order valence-electron chi connectivity index (χ0n) is 17.7. The third kappa shape index (κ3) is 7.42. The molecule has 1 aromatic rings. The van der Waals surface area contributed by atoms with Crippen LogP contribution in [0.2, 0.25) is 0 Å². The molecule has 0 saturated heterocycles. The van der Waals surface area contributed by atoms with Crippen molar-refractivity contribution in [2.45, 2.75) is 33.6 Å². The molecule has 8 heteroatoms. The van der Waals surface area contributed by atoms with Crippen molar-refractivity contribution < 1.29 is 13.9 Å². The van der Waals surface area contributed by atoms with Crippen molar-refractivity contribution in [3.8, 4) is 5.75 Å². The van der Waals surface area contributed by atoms with Gasteiger partial charge in [0.25, 0.3) is 0 Å². The van der Waals surface area contributed by atoms with E-state index in [1.54, 1.807) is 31.4 Å². The van der Waals surface area contributed by atoms with Crippen molar-refractivity contribution in [2.75, 3.05) is 45.2 Å². The van der Waals surface area contributed by atoms with E-state index in [0.29, 0.717) is 37.5 Å². The minimum absolute atomic E-state index is 0.102. The van der Waals surface area contributed by atoms with Gasteiger partial charge in [-0.1, -0.05) is 20.8 Å². The summed E-state index contributed by atoms with van der Waals surface area (Å²) in [5, 5.41) is 0. The predicted octanol–water partition coefficient (Wildman–Crippen LogP) is 2.63. The summed E-state index contributed by atoms with van der Waals surface area (Å²) in [6, 6.07) is 0. The van der Waals surface area contributed by atoms with Crippen molar-refractivity contribution in [3.63, 3.8) is 0 Å². The number of amides is 1. The smallest absolute Gasteiger partial charge is 0.227 e. The molecule has 1 aromatic heterocycles. The summed E-state index contributed by atoms with van der Waals surface area (Å²) in [6.07, 6.45) is 6.69. The van der Waals surface area contributed by atoms with Crippen molar-refractivity contribution in [1.29, 1.82) is 0 Å². The Balaban J connectivity index is 2.74. The van der Waals surface area contributed by atoms with Gasteiger partial charge in [0.1, 0.15) is 0 Å². The van der Waals surface area contributed by atoms with Crippen LogP contribution < -0.4 is 15.4 Å². The molecule has 0 aliphatic carbocycles. The van der Waals surface area contributed by atoms with E-state index in [1.807, 2.05) is 13.8 Å². The quantitative estimate of drug-likeness (QED) is 0.586. The summed E-state index contributed by atoms with van der Waals surface area (Å²) in [5.74, 6) is 1.01. The average Bonchev–Trinajstić information content (AvgIpc) is 2.68. The summed E-state index contributed by atoms with van der Waals surface area (Å²) < 4.78 is 17.9. The Hall–Kier alpha value is -2.22. The highest BCUT2D eigenvalue weighted by Crippen LogP contribution is 2.24. The molecule has 0 radical (unpaired) electrons. The Bertz CT molecular complexity index is 620. The number of nitrogens with two attached hydrogens (primary N) is 1. The Morgan fingerprint density at radius 2 is 1.96 bits per heavy atom. The van der Waals surface area contributed by atoms with E-state index >= 15 is 0 Å². The van der Waals surface area contributed by atoms with Crippen LogP contribution in [0.5, 0.6) is 5.75 Å². The van der Waals surface area contributed by atoms with E-state index in [9.17, 15) is 9.18 Å². The van der Waals surface area contributed by atoms with Crippen LogP contribution in [0.4, 0.5) is 10.3 Å². The number of nitrogens with zero attached hydrogens (tertiary/aromatic N) is 4. The zero-order valence-corrected chi connectivity index (χ0v) is 17.7. The fraction of sp³-hybridized carbons (Fsp3) is 0.650. The van der Waals surface area contributed by atoms with Gasteiger partial charge in [-0.25, -0.2) is 14.4 Å². The first kappa shape index (κ1) is 23.8. The van der Waals surface area contributed by atoms with E-state index in [4.69, 9.17) is 10.5 Å². The van der Waals surface area contributed by atoms with Crippen LogP contribution in [-0.4, -0.2) is 61.1 Å². The molecule has 158 valence electrons. The topological polar surface area (TPSA) is 84.6 Å². The number of carbonyl (C=O) groups is 1. The Morgan fingerprint density at radius 3 is 2.46 bits per heavy atom. The fourth-order valence-electron chi connectivity index (χ4n) is 2.76. The minimum atomic E-state index is -0.459. The van der Waals surface area contributed by atoms with Gasteiger partial charge in [0.2, 0.25) is 11.9 Å². The molecule has 7 nitrogen and oxygen atoms in total. The van der Waals surface area contributed by atoms with Crippen LogP contribution in [0.1, 0.15) is 33.6 Å². The van der Waals surface area contributed by atoms with E-state index < -0.39 is 5.41 Å². The largest absolute Gasteiger partial charge is 0.490 e. The normalized spacial score (nSPS) is 12.8. The van der Waals surface area contributed by atoms with Crippen molar-refractivity contribution in [3.05, 3.63) is 24.8 Å². The van der Waals surface area contributed by atoms with Gasteiger partial charge in [0.15, 0.2) is 5.75 Å². The minimum Gasteiger partial charge on any atom is -0.490 e. The van der Waals surface area contributed by atoms with Crippen LogP contribution in [0, 0.1) is 11.3 Å². The zero-order chi connectivity index (χ0) is 21.2. The molecular formula is C20H34FN5O2. The second-order valence-corrected chi connectivity index (χ2v) is 7.66. The first-order valence-electron chi connectivity index (χ1n) is 9.63. The van der Waals surface area contributed by atoms with E-state index in [1.165, 1.54) is 6.08 Å². The van der Waals surface area contributed by atoms with Gasteiger partial charge in [0, 0.05) is 45.1 Å². The summed E-state index contributed by atoms with van der Waals surface area (Å²) >= 11 is 0. The molecule has 1 amide bonds. The molecule has 28 heavy (non-hydrogen) atoms. The van der Waals surface area contributed by atoms with Crippen LogP contribution in [-0.2, 0) is 4.79 Å². The van der Waals surface area contributed by atoms with E-state index in [0.717, 1.165) is 13.0 Å². The van der Waals surface area contributed by atoms with Crippen molar-refractivity contribution in [2.24, 2.45) is 17.1 Å². The average molecular weight is 396 g/mol. The third-order valence-electron chi connectivity index (χ3n) is 4.49. The maximum atomic E-state index is 12.3. The summed E-state index contributed by atoms with van der Waals surface area (Å²) in [4.78, 5) is 24.8. The summed E-state index contributed by atoms with van der Waals surface area (Å²) in [6.45, 7) is 8.03. The Kier molecular flexibility index (Phi) is 9.85. The van der Waals surface area contributed by atoms with Gasteiger partial charge in [-0.3, -0.25) is 4.79 Å². The molecule has 1 atom stereocenters. The molecule has 1 heterocycles. The van der Waals surface area contributed by atoms with Gasteiger partial charge in [-0.2, -0.15) is 0 Å². The SMILES string of the molecule is CCCN(CCC(C)(C)C(=O)N(C)C)c1ncc(OCC(C=CF)CN)cn1. The molecule has 0 aromatic carbocycles. The maximum Gasteiger partial charge on any atom is 0.227 e. The van der Waals surface area contributed by atoms with E-state index in [2.05, 4.69) is 21.8 Å². The monoisotopic (exact) mass is 395 g/mol. The summed E-state index contributed by atoms with van der Waals surface area (Å²) in [5.41, 5.74) is 5.11. The third-order valence-corrected chi connectivity index (χ3v) is 4.49. The molecule has 2 N–H and O–H groups in total. The lowest BCUT2D eigenvalue weighted by atomic mass is 9.87. The van der Waals surface area contributed by atoms with Crippen LogP contribution in [0.25, 0.3) is 0 Å². The number of carbonyl (C=O) groups excluding carboxylic acids is 1. The maximum absolute atomic E-state index is 12.3. The summed E-state index contributed by atoms with van der Waals surface area (Å²) in [7, 11) is 3.54. The number of ether oxygens (including phenoxy) is 1. The van der Waals surface area contributed by atoms with Crippen LogP contribution >= 0.6 is 0 Å². The molecule has 0 aliphatic heterocycles. The van der Waals surface area contributed by atoms with Gasteiger partial charge in [-0.05, 0) is 18.9 Å². The second kappa shape index (κ2) is 11.6. The van der Waals surface area contributed by atoms with Crippen molar-refractivity contribution >= 4 is 11.9 Å². The number of anilines is 1. The lowest BCUT2D eigenvalue weighted by molar-refractivity contribution is -0.137. The first-order chi connectivity index (χ1) is 13.2. The van der Waals surface area contributed by atoms with Gasteiger partial charge >= 0.3 is 0 Å². The molecule has 1 rings (SSSR count). The molecule has 0 bridgehead atoms. The van der Waals surface area contributed by atoms with Gasteiger partial charge < -0.3 is 20.3 Å². The lowest BCUT2D eigenvalue weighted by Gasteiger charge is -2.30. The highest BCUT2D eigenvalue weighted by molar-refractivity contribution is 5.81. The van der Waals surface area contributed by atoms with Crippen LogP contribution in [0.3, 0.4) is 0 Å². The van der Waals surface area contributed by atoms with E-state index in [-0.39, 0.29) is 18.4 Å². The highest BCUT2D eigenvalue weighted by Gasteiger charge is 2.29. The Morgan fingerprint density at radius 1 is 1.32 bits per heavy atom. The standard InChI is InChI=1S/C20H34FN5O2/c1-6-10-26(11-8-20(2,3)18(27)25(4)5)19-23-13-17(14-24-19)28-15-16(12-22)7-9-21/h7,9,13-14,16H,6,8,10-12,15,22H2,1-5H3. The van der Waals surface area contributed by atoms with Gasteiger partial charge in [0.05, 0.1) is 25.3 Å². The second-order valence-electron chi connectivity index (χ2n) is 7.66. The van der Waals surface area contributed by atoms with Crippen molar-refractivity contribution in [1.82, 2.24) is 14.9 Å². The number of hydrogen-bond acceptors (Lipinski definition) is 6. The lowest BCUT2D eigenvalue weighted by Crippen LogP contribution is -2.39. The fourth-order valence-corrected chi connectivity index (χ4v) is 2.76.